The highest BCUT2D eigenvalue weighted by molar-refractivity contribution is 5.81. The highest BCUT2D eigenvalue weighted by Crippen LogP contribution is 2.44. The number of benzene rings is 2. The number of carboxylic acid groups (broad SMARTS) is 1. The second kappa shape index (κ2) is 8.49. The Labute approximate surface area is 186 Å². The van der Waals surface area contributed by atoms with Crippen LogP contribution >= 0.6 is 0 Å². The number of aliphatic carboxylic acids is 1. The first-order chi connectivity index (χ1) is 15.6. The number of alkyl carbamates (subject to hydrolysis) is 1. The molecule has 0 aliphatic heterocycles. The third-order valence-electron chi connectivity index (χ3n) is 6.53. The van der Waals surface area contributed by atoms with Crippen molar-refractivity contribution in [3.63, 3.8) is 0 Å². The predicted molar refractivity (Wildman–Crippen MR) is 118 cm³/mol. The normalized spacial score (nSPS) is 16.0. The number of amides is 1. The van der Waals surface area contributed by atoms with Crippen LogP contribution in [0.5, 0.6) is 0 Å². The maximum atomic E-state index is 12.5. The molecule has 7 nitrogen and oxygen atoms in total. The smallest absolute Gasteiger partial charge is 0.407 e. The van der Waals surface area contributed by atoms with Gasteiger partial charge in [-0.05, 0) is 46.6 Å². The summed E-state index contributed by atoms with van der Waals surface area (Å²) in [6.07, 6.45) is 6.43. The Kier molecular flexibility index (Phi) is 5.39. The van der Waals surface area contributed by atoms with E-state index in [9.17, 15) is 14.7 Å². The van der Waals surface area contributed by atoms with Crippen molar-refractivity contribution < 1.29 is 19.4 Å². The van der Waals surface area contributed by atoms with Crippen molar-refractivity contribution in [3.05, 3.63) is 77.6 Å². The fourth-order valence-corrected chi connectivity index (χ4v) is 4.59. The van der Waals surface area contributed by atoms with Gasteiger partial charge < -0.3 is 15.2 Å². The molecular weight excluding hydrogens is 406 g/mol. The molecule has 1 aromatic heterocycles. The van der Waals surface area contributed by atoms with E-state index >= 15 is 0 Å². The molecule has 3 aromatic rings. The molecule has 0 saturated heterocycles. The van der Waals surface area contributed by atoms with Gasteiger partial charge in [0.15, 0.2) is 0 Å². The summed E-state index contributed by atoms with van der Waals surface area (Å²) in [5, 5.41) is 16.3. The summed E-state index contributed by atoms with van der Waals surface area (Å²) < 4.78 is 7.06. The lowest BCUT2D eigenvalue weighted by atomic mass is 9.81. The van der Waals surface area contributed by atoms with Gasteiger partial charge >= 0.3 is 12.1 Å². The first-order valence-corrected chi connectivity index (χ1v) is 11.0. The molecule has 2 aliphatic rings. The summed E-state index contributed by atoms with van der Waals surface area (Å²) >= 11 is 0. The van der Waals surface area contributed by atoms with E-state index in [0.717, 1.165) is 40.7 Å². The van der Waals surface area contributed by atoms with E-state index in [1.807, 2.05) is 42.6 Å². The van der Waals surface area contributed by atoms with Crippen LogP contribution in [0.1, 0.15) is 47.8 Å². The molecule has 32 heavy (non-hydrogen) atoms. The summed E-state index contributed by atoms with van der Waals surface area (Å²) in [6.45, 7) is 0.187. The lowest BCUT2D eigenvalue weighted by Crippen LogP contribution is -2.44. The zero-order valence-electron chi connectivity index (χ0n) is 17.6. The van der Waals surface area contributed by atoms with Crippen LogP contribution in [0.2, 0.25) is 0 Å². The van der Waals surface area contributed by atoms with E-state index in [4.69, 9.17) is 4.74 Å². The van der Waals surface area contributed by atoms with Crippen molar-refractivity contribution in [2.45, 2.75) is 43.7 Å². The van der Waals surface area contributed by atoms with Crippen molar-refractivity contribution in [1.82, 2.24) is 15.1 Å². The van der Waals surface area contributed by atoms with Gasteiger partial charge in [0, 0.05) is 12.1 Å². The number of carbonyl (C=O) groups is 2. The molecule has 1 heterocycles. The lowest BCUT2D eigenvalue weighted by molar-refractivity contribution is -0.139. The fourth-order valence-electron chi connectivity index (χ4n) is 4.59. The molecule has 1 saturated carbocycles. The van der Waals surface area contributed by atoms with Crippen molar-refractivity contribution in [1.29, 1.82) is 0 Å². The van der Waals surface area contributed by atoms with Crippen LogP contribution in [-0.4, -0.2) is 39.6 Å². The minimum atomic E-state index is -1.13. The van der Waals surface area contributed by atoms with E-state index in [-0.39, 0.29) is 19.1 Å². The SMILES string of the molecule is O=C(NC(Cn1cc(C2CCC2)cn1)C(=O)O)OCC1c2ccccc2-c2ccccc21. The van der Waals surface area contributed by atoms with Gasteiger partial charge in [-0.1, -0.05) is 55.0 Å². The largest absolute Gasteiger partial charge is 0.480 e. The highest BCUT2D eigenvalue weighted by Gasteiger charge is 2.30. The number of fused-ring (bicyclic) bond motifs is 3. The monoisotopic (exact) mass is 431 g/mol. The standard InChI is InChI=1S/C25H25N3O4/c29-24(30)23(14-28-13-17(12-26-28)16-6-5-7-16)27-25(31)32-15-22-20-10-3-1-8-18(20)19-9-2-4-11-21(19)22/h1-4,8-13,16,22-23H,5-7,14-15H2,(H,27,31)(H,29,30). The number of ether oxygens (including phenoxy) is 1. The van der Waals surface area contributed by atoms with Crippen LogP contribution in [0.25, 0.3) is 11.1 Å². The molecule has 2 aromatic carbocycles. The Bertz CT molecular complexity index is 1110. The number of rotatable bonds is 7. The Morgan fingerprint density at radius 3 is 2.34 bits per heavy atom. The molecule has 0 spiro atoms. The van der Waals surface area contributed by atoms with Crippen molar-refractivity contribution in [2.75, 3.05) is 6.61 Å². The average Bonchev–Trinajstić information content (AvgIpc) is 3.33. The zero-order valence-corrected chi connectivity index (χ0v) is 17.6. The Balaban J connectivity index is 1.23. The summed E-state index contributed by atoms with van der Waals surface area (Å²) in [6, 6.07) is 15.0. The molecule has 1 unspecified atom stereocenters. The number of hydrogen-bond acceptors (Lipinski definition) is 4. The van der Waals surface area contributed by atoms with Gasteiger partial charge in [-0.2, -0.15) is 5.10 Å². The zero-order chi connectivity index (χ0) is 22.1. The Hall–Kier alpha value is -3.61. The molecule has 1 atom stereocenters. The number of nitrogens with zero attached hydrogens (tertiary/aromatic N) is 2. The third kappa shape index (κ3) is 3.86. The lowest BCUT2D eigenvalue weighted by Gasteiger charge is -2.23. The second-order valence-corrected chi connectivity index (χ2v) is 8.48. The minimum Gasteiger partial charge on any atom is -0.480 e. The minimum absolute atomic E-state index is 0.0479. The molecule has 1 fully saturated rings. The topological polar surface area (TPSA) is 93.5 Å². The third-order valence-corrected chi connectivity index (χ3v) is 6.53. The molecule has 164 valence electrons. The molecule has 0 radical (unpaired) electrons. The van der Waals surface area contributed by atoms with Crippen molar-refractivity contribution in [2.24, 2.45) is 0 Å². The Morgan fingerprint density at radius 1 is 1.09 bits per heavy atom. The van der Waals surface area contributed by atoms with Gasteiger partial charge in [0.1, 0.15) is 12.6 Å². The molecule has 1 amide bonds. The molecule has 2 aliphatic carbocycles. The molecule has 5 rings (SSSR count). The number of nitrogens with one attached hydrogen (secondary N) is 1. The van der Waals surface area contributed by atoms with Crippen LogP contribution in [0.3, 0.4) is 0 Å². The van der Waals surface area contributed by atoms with Gasteiger partial charge in [0.25, 0.3) is 0 Å². The first kappa shape index (κ1) is 20.3. The summed E-state index contributed by atoms with van der Waals surface area (Å²) in [4.78, 5) is 24.2. The van der Waals surface area contributed by atoms with Crippen LogP contribution in [0.15, 0.2) is 60.9 Å². The summed E-state index contributed by atoms with van der Waals surface area (Å²) in [5.41, 5.74) is 5.62. The van der Waals surface area contributed by atoms with Crippen LogP contribution in [-0.2, 0) is 16.1 Å². The highest BCUT2D eigenvalue weighted by atomic mass is 16.5. The van der Waals surface area contributed by atoms with Gasteiger partial charge in [0.05, 0.1) is 12.7 Å². The predicted octanol–water partition coefficient (Wildman–Crippen LogP) is 4.14. The maximum absolute atomic E-state index is 12.5. The number of carbonyl (C=O) groups excluding carboxylic acids is 1. The van der Waals surface area contributed by atoms with Gasteiger partial charge in [-0.25, -0.2) is 9.59 Å². The van der Waals surface area contributed by atoms with E-state index < -0.39 is 18.1 Å². The Morgan fingerprint density at radius 2 is 1.75 bits per heavy atom. The molecular formula is C25H25N3O4. The van der Waals surface area contributed by atoms with E-state index in [0.29, 0.717) is 5.92 Å². The van der Waals surface area contributed by atoms with Crippen molar-refractivity contribution >= 4 is 12.1 Å². The van der Waals surface area contributed by atoms with E-state index in [1.54, 1.807) is 10.9 Å². The first-order valence-electron chi connectivity index (χ1n) is 11.0. The van der Waals surface area contributed by atoms with Crippen LogP contribution in [0.4, 0.5) is 4.79 Å². The number of aromatic nitrogens is 2. The second-order valence-electron chi connectivity index (χ2n) is 8.48. The molecule has 7 heteroatoms. The van der Waals surface area contributed by atoms with Gasteiger partial charge in [-0.15, -0.1) is 0 Å². The maximum Gasteiger partial charge on any atom is 0.407 e. The van der Waals surface area contributed by atoms with E-state index in [1.165, 1.54) is 6.42 Å². The van der Waals surface area contributed by atoms with Crippen LogP contribution < -0.4 is 5.32 Å². The average molecular weight is 431 g/mol. The van der Waals surface area contributed by atoms with Gasteiger partial charge in [-0.3, -0.25) is 4.68 Å². The summed E-state index contributed by atoms with van der Waals surface area (Å²) in [7, 11) is 0. The summed E-state index contributed by atoms with van der Waals surface area (Å²) in [5.74, 6) is -0.686. The van der Waals surface area contributed by atoms with Crippen molar-refractivity contribution in [3.8, 4) is 11.1 Å². The fraction of sp³-hybridized carbons (Fsp3) is 0.320. The van der Waals surface area contributed by atoms with Gasteiger partial charge in [0.2, 0.25) is 0 Å². The van der Waals surface area contributed by atoms with Crippen LogP contribution in [0, 0.1) is 0 Å². The molecule has 0 bridgehead atoms. The van der Waals surface area contributed by atoms with E-state index in [2.05, 4.69) is 22.5 Å². The quantitative estimate of drug-likeness (QED) is 0.586. The number of hydrogen-bond donors (Lipinski definition) is 2. The number of carboxylic acids is 1. The molecule has 2 N–H and O–H groups in total.